The molecule has 7 heteroatoms. The van der Waals surface area contributed by atoms with Gasteiger partial charge in [-0.25, -0.2) is 4.98 Å². The molecule has 1 amide bonds. The maximum absolute atomic E-state index is 13.0. The van der Waals surface area contributed by atoms with Crippen LogP contribution in [-0.2, 0) is 16.1 Å². The van der Waals surface area contributed by atoms with Crippen LogP contribution in [0.25, 0.3) is 5.76 Å². The normalized spacial score (nSPS) is 18.0. The number of hydrogen-bond acceptors (Lipinski definition) is 4. The van der Waals surface area contributed by atoms with Crippen molar-refractivity contribution in [2.45, 2.75) is 25.9 Å². The molecule has 1 unspecified atom stereocenters. The van der Waals surface area contributed by atoms with Crippen molar-refractivity contribution >= 4 is 33.4 Å². The van der Waals surface area contributed by atoms with E-state index in [0.717, 1.165) is 15.6 Å². The van der Waals surface area contributed by atoms with Gasteiger partial charge in [-0.15, -0.1) is 0 Å². The predicted molar refractivity (Wildman–Crippen MR) is 121 cm³/mol. The Morgan fingerprint density at radius 2 is 1.77 bits per heavy atom. The molecule has 0 saturated carbocycles. The maximum Gasteiger partial charge on any atom is 0.295 e. The summed E-state index contributed by atoms with van der Waals surface area (Å²) in [5.74, 6) is -1.41. The van der Waals surface area contributed by atoms with Crippen molar-refractivity contribution in [3.63, 3.8) is 0 Å². The van der Waals surface area contributed by atoms with Gasteiger partial charge < -0.3 is 14.6 Å². The minimum absolute atomic E-state index is 0.124. The van der Waals surface area contributed by atoms with Crippen molar-refractivity contribution in [3.05, 3.63) is 94.0 Å². The van der Waals surface area contributed by atoms with Crippen molar-refractivity contribution in [2.75, 3.05) is 6.54 Å². The fourth-order valence-corrected chi connectivity index (χ4v) is 4.08. The lowest BCUT2D eigenvalue weighted by Crippen LogP contribution is -2.31. The Morgan fingerprint density at radius 1 is 1.06 bits per heavy atom. The zero-order valence-corrected chi connectivity index (χ0v) is 18.6. The van der Waals surface area contributed by atoms with E-state index in [1.165, 1.54) is 0 Å². The fraction of sp³-hybridized carbons (Fsp3) is 0.208. The number of aliphatic hydroxyl groups excluding tert-OH is 1. The second-order valence-corrected chi connectivity index (χ2v) is 8.48. The number of carbonyl (C=O) groups is 2. The first-order chi connectivity index (χ1) is 15.0. The predicted octanol–water partition coefficient (Wildman–Crippen LogP) is 4.47. The fourth-order valence-electron chi connectivity index (χ4n) is 3.81. The summed E-state index contributed by atoms with van der Waals surface area (Å²) >= 11 is 3.38. The van der Waals surface area contributed by atoms with Gasteiger partial charge in [-0.3, -0.25) is 9.59 Å². The molecule has 0 bridgehead atoms. The van der Waals surface area contributed by atoms with E-state index in [2.05, 4.69) is 20.9 Å². The third-order valence-corrected chi connectivity index (χ3v) is 5.95. The number of aromatic nitrogens is 2. The minimum atomic E-state index is -0.659. The van der Waals surface area contributed by atoms with Gasteiger partial charge in [0.15, 0.2) is 0 Å². The first-order valence-corrected chi connectivity index (χ1v) is 10.8. The lowest BCUT2D eigenvalue weighted by atomic mass is 9.94. The number of benzene rings is 2. The van der Waals surface area contributed by atoms with Crippen LogP contribution in [0.15, 0.2) is 77.3 Å². The number of aliphatic hydroxyl groups is 1. The molecule has 1 aromatic heterocycles. The molecular formula is C24H22BrN3O3. The van der Waals surface area contributed by atoms with Gasteiger partial charge >= 0.3 is 0 Å². The molecule has 1 saturated heterocycles. The molecule has 1 N–H and O–H groups in total. The second kappa shape index (κ2) is 8.89. The van der Waals surface area contributed by atoms with Crippen LogP contribution in [-0.4, -0.2) is 37.8 Å². The van der Waals surface area contributed by atoms with Gasteiger partial charge in [-0.2, -0.15) is 0 Å². The number of likely N-dealkylation sites (tertiary alicyclic amines) is 1. The van der Waals surface area contributed by atoms with Crippen molar-refractivity contribution in [1.29, 1.82) is 0 Å². The molecule has 0 aliphatic carbocycles. The number of amides is 1. The summed E-state index contributed by atoms with van der Waals surface area (Å²) in [6, 6.07) is 14.1. The van der Waals surface area contributed by atoms with Crippen molar-refractivity contribution in [3.8, 4) is 0 Å². The summed E-state index contributed by atoms with van der Waals surface area (Å²) in [5.41, 5.74) is 2.50. The number of aryl methyl sites for hydroxylation is 2. The molecule has 6 nitrogen and oxygen atoms in total. The van der Waals surface area contributed by atoms with Gasteiger partial charge in [0.25, 0.3) is 11.7 Å². The van der Waals surface area contributed by atoms with E-state index < -0.39 is 17.7 Å². The summed E-state index contributed by atoms with van der Waals surface area (Å²) in [6.45, 7) is 3.04. The van der Waals surface area contributed by atoms with E-state index in [4.69, 9.17) is 0 Å². The summed E-state index contributed by atoms with van der Waals surface area (Å²) in [7, 11) is 0. The van der Waals surface area contributed by atoms with Gasteiger partial charge in [0.1, 0.15) is 5.76 Å². The third-order valence-electron chi connectivity index (χ3n) is 5.43. The monoisotopic (exact) mass is 479 g/mol. The molecule has 1 fully saturated rings. The molecule has 0 radical (unpaired) electrons. The second-order valence-electron chi connectivity index (χ2n) is 7.56. The highest BCUT2D eigenvalue weighted by molar-refractivity contribution is 9.10. The maximum atomic E-state index is 13.0. The largest absolute Gasteiger partial charge is 0.507 e. The highest BCUT2D eigenvalue weighted by Crippen LogP contribution is 2.39. The Bertz CT molecular complexity index is 1120. The standard InChI is InChI=1S/C24H22BrN3O3/c1-16-3-5-17(6-4-16)21-20(22(29)18-7-9-19(25)10-8-18)23(30)24(31)28(21)13-2-12-27-14-11-26-15-27/h3-11,14-15,21,29H,2,12-13H2,1H3/b22-20-. The number of hydrogen-bond donors (Lipinski definition) is 1. The van der Waals surface area contributed by atoms with Crippen LogP contribution in [0.4, 0.5) is 0 Å². The van der Waals surface area contributed by atoms with Gasteiger partial charge in [0.05, 0.1) is 17.9 Å². The average Bonchev–Trinajstić information content (AvgIpc) is 3.37. The highest BCUT2D eigenvalue weighted by atomic mass is 79.9. The van der Waals surface area contributed by atoms with Gasteiger partial charge in [0, 0.05) is 35.5 Å². The quantitative estimate of drug-likeness (QED) is 0.321. The number of imidazole rings is 1. The van der Waals surface area contributed by atoms with Crippen molar-refractivity contribution in [2.24, 2.45) is 0 Å². The Labute approximate surface area is 189 Å². The molecule has 3 aromatic rings. The van der Waals surface area contributed by atoms with Crippen LogP contribution in [0.5, 0.6) is 0 Å². The van der Waals surface area contributed by atoms with Gasteiger partial charge in [-0.05, 0) is 31.0 Å². The number of carbonyl (C=O) groups excluding carboxylic acids is 2. The lowest BCUT2D eigenvalue weighted by molar-refractivity contribution is -0.139. The van der Waals surface area contributed by atoms with Crippen LogP contribution in [0.2, 0.25) is 0 Å². The van der Waals surface area contributed by atoms with E-state index >= 15 is 0 Å². The summed E-state index contributed by atoms with van der Waals surface area (Å²) < 4.78 is 2.79. The number of ketones is 1. The van der Waals surface area contributed by atoms with Crippen LogP contribution < -0.4 is 0 Å². The average molecular weight is 480 g/mol. The zero-order valence-electron chi connectivity index (χ0n) is 17.0. The van der Waals surface area contributed by atoms with E-state index in [1.807, 2.05) is 42.0 Å². The number of rotatable bonds is 6. The van der Waals surface area contributed by atoms with E-state index in [-0.39, 0.29) is 11.3 Å². The van der Waals surface area contributed by atoms with Gasteiger partial charge in [0.2, 0.25) is 0 Å². The van der Waals surface area contributed by atoms with E-state index in [0.29, 0.717) is 25.1 Å². The van der Waals surface area contributed by atoms with Crippen LogP contribution >= 0.6 is 15.9 Å². The Morgan fingerprint density at radius 3 is 2.42 bits per heavy atom. The zero-order chi connectivity index (χ0) is 22.0. The molecule has 0 spiro atoms. The molecule has 158 valence electrons. The summed E-state index contributed by atoms with van der Waals surface area (Å²) in [4.78, 5) is 31.6. The molecule has 2 aromatic carbocycles. The molecule has 4 rings (SSSR count). The molecular weight excluding hydrogens is 458 g/mol. The smallest absolute Gasteiger partial charge is 0.295 e. The molecule has 1 aliphatic heterocycles. The molecule has 31 heavy (non-hydrogen) atoms. The first kappa shape index (κ1) is 21.1. The Balaban J connectivity index is 1.72. The lowest BCUT2D eigenvalue weighted by Gasteiger charge is -2.25. The third kappa shape index (κ3) is 4.32. The Kier molecular flexibility index (Phi) is 6.04. The van der Waals surface area contributed by atoms with Crippen molar-refractivity contribution in [1.82, 2.24) is 14.5 Å². The van der Waals surface area contributed by atoms with Crippen LogP contribution in [0.3, 0.4) is 0 Å². The molecule has 2 heterocycles. The molecule has 1 aliphatic rings. The minimum Gasteiger partial charge on any atom is -0.507 e. The van der Waals surface area contributed by atoms with Crippen LogP contribution in [0.1, 0.15) is 29.2 Å². The van der Waals surface area contributed by atoms with E-state index in [1.54, 1.807) is 41.7 Å². The first-order valence-electron chi connectivity index (χ1n) is 10.0. The van der Waals surface area contributed by atoms with Gasteiger partial charge in [-0.1, -0.05) is 57.9 Å². The summed E-state index contributed by atoms with van der Waals surface area (Å²) in [6.07, 6.45) is 5.94. The highest BCUT2D eigenvalue weighted by Gasteiger charge is 2.45. The Hall–Kier alpha value is -3.19. The van der Waals surface area contributed by atoms with Crippen LogP contribution in [0, 0.1) is 6.92 Å². The number of halogens is 1. The number of Topliss-reactive ketones (excluding diaryl/α,β-unsaturated/α-hetero) is 1. The molecule has 1 atom stereocenters. The SMILES string of the molecule is Cc1ccc(C2/C(=C(/O)c3ccc(Br)cc3)C(=O)C(=O)N2CCCn2ccnc2)cc1. The topological polar surface area (TPSA) is 75.4 Å². The van der Waals surface area contributed by atoms with Crippen molar-refractivity contribution < 1.29 is 14.7 Å². The van der Waals surface area contributed by atoms with E-state index in [9.17, 15) is 14.7 Å². The summed E-state index contributed by atoms with van der Waals surface area (Å²) in [5, 5.41) is 11.0. The number of nitrogens with zero attached hydrogens (tertiary/aromatic N) is 3.